The predicted molar refractivity (Wildman–Crippen MR) is 81.5 cm³/mol. The highest BCUT2D eigenvalue weighted by atomic mass is 35.5. The maximum atomic E-state index is 12.1. The number of aliphatic hydroxyl groups is 1. The summed E-state index contributed by atoms with van der Waals surface area (Å²) in [5.41, 5.74) is 1.05. The molecule has 2 rings (SSSR count). The van der Waals surface area contributed by atoms with Crippen LogP contribution >= 0.6 is 11.6 Å². The number of furan rings is 1. The van der Waals surface area contributed by atoms with Gasteiger partial charge in [-0.3, -0.25) is 4.79 Å². The normalized spacial score (nSPS) is 9.86. The number of hydrogen-bond donors (Lipinski definition) is 2. The fourth-order valence-electron chi connectivity index (χ4n) is 1.74. The van der Waals surface area contributed by atoms with Crippen LogP contribution in [0.5, 0.6) is 0 Å². The molecule has 0 aliphatic carbocycles. The molecule has 0 aliphatic rings. The summed E-state index contributed by atoms with van der Waals surface area (Å²) in [6.45, 7) is 1.69. The number of nitrogens with one attached hydrogen (secondary N) is 1. The highest BCUT2D eigenvalue weighted by molar-refractivity contribution is 6.31. The summed E-state index contributed by atoms with van der Waals surface area (Å²) in [5.74, 6) is 5.90. The molecule has 0 fully saturated rings. The van der Waals surface area contributed by atoms with Gasteiger partial charge < -0.3 is 14.8 Å². The topological polar surface area (TPSA) is 62.5 Å². The fraction of sp³-hybridized carbons (Fsp3) is 0.188. The number of amides is 1. The Kier molecular flexibility index (Phi) is 5.04. The smallest absolute Gasteiger partial charge is 0.291 e. The van der Waals surface area contributed by atoms with Crippen LogP contribution in [-0.4, -0.2) is 17.6 Å². The van der Waals surface area contributed by atoms with Gasteiger partial charge in [-0.1, -0.05) is 30.4 Å². The molecule has 1 aromatic carbocycles. The second-order valence-electron chi connectivity index (χ2n) is 4.22. The first-order valence-corrected chi connectivity index (χ1v) is 6.81. The monoisotopic (exact) mass is 303 g/mol. The van der Waals surface area contributed by atoms with Gasteiger partial charge in [0.1, 0.15) is 12.4 Å². The first kappa shape index (κ1) is 15.2. The molecule has 0 spiro atoms. The quantitative estimate of drug-likeness (QED) is 0.857. The van der Waals surface area contributed by atoms with Gasteiger partial charge in [0.25, 0.3) is 5.91 Å². The van der Waals surface area contributed by atoms with E-state index in [1.807, 2.05) is 6.92 Å². The maximum Gasteiger partial charge on any atom is 0.291 e. The summed E-state index contributed by atoms with van der Waals surface area (Å²) in [6, 6.07) is 8.34. The van der Waals surface area contributed by atoms with E-state index in [9.17, 15) is 4.79 Å². The summed E-state index contributed by atoms with van der Waals surface area (Å²) in [7, 11) is 0. The molecule has 0 atom stereocenters. The van der Waals surface area contributed by atoms with E-state index in [1.54, 1.807) is 30.3 Å². The number of carbonyl (C=O) groups excluding carboxylic acids is 1. The number of aliphatic hydroxyl groups excluding tert-OH is 1. The van der Waals surface area contributed by atoms with Crippen LogP contribution in [0.2, 0.25) is 5.02 Å². The van der Waals surface area contributed by atoms with Crippen molar-refractivity contribution in [1.29, 1.82) is 0 Å². The van der Waals surface area contributed by atoms with Crippen LogP contribution in [0.1, 0.15) is 28.8 Å². The summed E-state index contributed by atoms with van der Waals surface area (Å²) >= 11 is 5.93. The van der Waals surface area contributed by atoms with Crippen molar-refractivity contribution >= 4 is 23.2 Å². The largest absolute Gasteiger partial charge is 0.456 e. The Balaban J connectivity index is 2.25. The summed E-state index contributed by atoms with van der Waals surface area (Å²) < 4.78 is 5.40. The lowest BCUT2D eigenvalue weighted by molar-refractivity contribution is 0.0995. The van der Waals surface area contributed by atoms with E-state index in [2.05, 4.69) is 17.2 Å². The third-order valence-electron chi connectivity index (χ3n) is 2.77. The second kappa shape index (κ2) is 6.98. The van der Waals surface area contributed by atoms with Gasteiger partial charge in [-0.2, -0.15) is 0 Å². The number of benzene rings is 1. The molecule has 2 aromatic rings. The lowest BCUT2D eigenvalue weighted by Crippen LogP contribution is -2.12. The zero-order valence-corrected chi connectivity index (χ0v) is 12.2. The van der Waals surface area contributed by atoms with Crippen LogP contribution in [0.4, 0.5) is 5.69 Å². The van der Waals surface area contributed by atoms with E-state index in [4.69, 9.17) is 21.1 Å². The Bertz CT molecular complexity index is 710. The van der Waals surface area contributed by atoms with E-state index >= 15 is 0 Å². The molecule has 2 N–H and O–H groups in total. The lowest BCUT2D eigenvalue weighted by atomic mass is 10.1. The predicted octanol–water partition coefficient (Wildman–Crippen LogP) is 3.09. The summed E-state index contributed by atoms with van der Waals surface area (Å²) in [5, 5.41) is 12.0. The average Bonchev–Trinajstić information content (AvgIpc) is 2.95. The van der Waals surface area contributed by atoms with E-state index in [0.717, 1.165) is 12.2 Å². The standard InChI is InChI=1S/C16H14ClNO3/c1-2-13-7-8-15(21-13)16(20)18-14-10-12(17)6-5-11(14)4-3-9-19/h5-8,10,19H,2,9H2,1H3,(H,18,20). The van der Waals surface area contributed by atoms with Gasteiger partial charge in [-0.25, -0.2) is 0 Å². The average molecular weight is 304 g/mol. The Morgan fingerprint density at radius 3 is 2.86 bits per heavy atom. The van der Waals surface area contributed by atoms with Gasteiger partial charge in [0.05, 0.1) is 5.69 Å². The number of hydrogen-bond acceptors (Lipinski definition) is 3. The molecule has 4 nitrogen and oxygen atoms in total. The third kappa shape index (κ3) is 3.88. The number of anilines is 1. The first-order valence-electron chi connectivity index (χ1n) is 6.43. The molecule has 1 aromatic heterocycles. The van der Waals surface area contributed by atoms with Gasteiger partial charge in [-0.05, 0) is 30.3 Å². The molecular formula is C16H14ClNO3. The third-order valence-corrected chi connectivity index (χ3v) is 3.00. The molecular weight excluding hydrogens is 290 g/mol. The van der Waals surface area contributed by atoms with E-state index in [0.29, 0.717) is 16.3 Å². The van der Waals surface area contributed by atoms with Gasteiger partial charge in [0.2, 0.25) is 0 Å². The Morgan fingerprint density at radius 1 is 1.38 bits per heavy atom. The van der Waals surface area contributed by atoms with Crippen LogP contribution in [0.3, 0.4) is 0 Å². The first-order chi connectivity index (χ1) is 10.1. The van der Waals surface area contributed by atoms with E-state index in [1.165, 1.54) is 0 Å². The van der Waals surface area contributed by atoms with Crippen LogP contribution < -0.4 is 5.32 Å². The van der Waals surface area contributed by atoms with Crippen molar-refractivity contribution in [2.75, 3.05) is 11.9 Å². The van der Waals surface area contributed by atoms with Crippen LogP contribution in [0, 0.1) is 11.8 Å². The minimum absolute atomic E-state index is 0.230. The van der Waals surface area contributed by atoms with Gasteiger partial charge in [-0.15, -0.1) is 0 Å². The van der Waals surface area contributed by atoms with Crippen molar-refractivity contribution < 1.29 is 14.3 Å². The van der Waals surface area contributed by atoms with E-state index in [-0.39, 0.29) is 18.3 Å². The summed E-state index contributed by atoms with van der Waals surface area (Å²) in [4.78, 5) is 12.1. The molecule has 108 valence electrons. The van der Waals surface area contributed by atoms with Gasteiger partial charge in [0, 0.05) is 17.0 Å². The van der Waals surface area contributed by atoms with Crippen LogP contribution in [-0.2, 0) is 6.42 Å². The molecule has 21 heavy (non-hydrogen) atoms. The van der Waals surface area contributed by atoms with Crippen molar-refractivity contribution in [1.82, 2.24) is 0 Å². The Hall–Kier alpha value is -2.22. The molecule has 0 aliphatic heterocycles. The molecule has 5 heteroatoms. The van der Waals surface area contributed by atoms with E-state index < -0.39 is 0 Å². The SMILES string of the molecule is CCc1ccc(C(=O)Nc2cc(Cl)ccc2C#CCO)o1. The van der Waals surface area contributed by atoms with Crippen molar-refractivity contribution in [3.63, 3.8) is 0 Å². The molecule has 0 bridgehead atoms. The zero-order valence-electron chi connectivity index (χ0n) is 11.4. The Labute approximate surface area is 127 Å². The number of carbonyl (C=O) groups is 1. The summed E-state index contributed by atoms with van der Waals surface area (Å²) in [6.07, 6.45) is 0.720. The molecule has 0 radical (unpaired) electrons. The molecule has 1 amide bonds. The minimum Gasteiger partial charge on any atom is -0.456 e. The number of rotatable bonds is 3. The van der Waals surface area contributed by atoms with Crippen molar-refractivity contribution in [2.45, 2.75) is 13.3 Å². The highest BCUT2D eigenvalue weighted by Crippen LogP contribution is 2.21. The van der Waals surface area contributed by atoms with Crippen molar-refractivity contribution in [3.8, 4) is 11.8 Å². The van der Waals surface area contributed by atoms with Crippen molar-refractivity contribution in [3.05, 3.63) is 52.4 Å². The highest BCUT2D eigenvalue weighted by Gasteiger charge is 2.13. The molecule has 1 heterocycles. The fourth-order valence-corrected chi connectivity index (χ4v) is 1.91. The number of halogens is 1. The van der Waals surface area contributed by atoms with Crippen LogP contribution in [0.15, 0.2) is 34.7 Å². The zero-order chi connectivity index (χ0) is 15.2. The molecule has 0 saturated heterocycles. The van der Waals surface area contributed by atoms with Gasteiger partial charge in [0.15, 0.2) is 5.76 Å². The number of aryl methyl sites for hydroxylation is 1. The molecule has 0 saturated carbocycles. The minimum atomic E-state index is -0.371. The Morgan fingerprint density at radius 2 is 2.19 bits per heavy atom. The lowest BCUT2D eigenvalue weighted by Gasteiger charge is -2.06. The molecule has 0 unspecified atom stereocenters. The van der Waals surface area contributed by atoms with Crippen molar-refractivity contribution in [2.24, 2.45) is 0 Å². The van der Waals surface area contributed by atoms with Gasteiger partial charge >= 0.3 is 0 Å². The second-order valence-corrected chi connectivity index (χ2v) is 4.66. The maximum absolute atomic E-state index is 12.1. The van der Waals surface area contributed by atoms with Crippen LogP contribution in [0.25, 0.3) is 0 Å².